The number of carbonyl (C=O) groups excluding carboxylic acids is 3. The third-order valence-electron chi connectivity index (χ3n) is 7.64. The topological polar surface area (TPSA) is 84.9 Å². The molecular weight excluding hydrogens is 468 g/mol. The van der Waals surface area contributed by atoms with Crippen LogP contribution in [0.1, 0.15) is 83.6 Å². The summed E-state index contributed by atoms with van der Waals surface area (Å²) in [6, 6.07) is 7.74. The van der Waals surface area contributed by atoms with E-state index >= 15 is 0 Å². The fraction of sp³-hybridized carbons (Fsp3) is 0.633. The van der Waals surface area contributed by atoms with Crippen molar-refractivity contribution in [3.63, 3.8) is 0 Å². The van der Waals surface area contributed by atoms with Gasteiger partial charge in [0.05, 0.1) is 13.7 Å². The molecule has 204 valence electrons. The van der Waals surface area contributed by atoms with Crippen molar-refractivity contribution in [1.29, 1.82) is 0 Å². The number of rotatable bonds is 15. The Balaban J connectivity index is 1.66. The lowest BCUT2D eigenvalue weighted by Gasteiger charge is -2.44. The minimum Gasteiger partial charge on any atom is -0.496 e. The van der Waals surface area contributed by atoms with Crippen LogP contribution >= 0.6 is 0 Å². The van der Waals surface area contributed by atoms with Gasteiger partial charge in [0.25, 0.3) is 0 Å². The predicted octanol–water partition coefficient (Wildman–Crippen LogP) is 5.18. The van der Waals surface area contributed by atoms with Crippen LogP contribution in [0.25, 0.3) is 0 Å². The molecule has 2 aliphatic rings. The van der Waals surface area contributed by atoms with Gasteiger partial charge in [-0.3, -0.25) is 14.4 Å². The molecule has 1 aromatic carbocycles. The zero-order chi connectivity index (χ0) is 26.7. The molecule has 0 spiro atoms. The summed E-state index contributed by atoms with van der Waals surface area (Å²) in [6.45, 7) is 5.34. The molecule has 1 saturated heterocycles. The van der Waals surface area contributed by atoms with Crippen LogP contribution in [0.5, 0.6) is 5.75 Å². The van der Waals surface area contributed by atoms with Crippen LogP contribution in [0.4, 0.5) is 0 Å². The van der Waals surface area contributed by atoms with Gasteiger partial charge in [-0.1, -0.05) is 63.3 Å². The quantitative estimate of drug-likeness (QED) is 0.259. The second-order valence-electron chi connectivity index (χ2n) is 10.2. The summed E-state index contributed by atoms with van der Waals surface area (Å²) in [4.78, 5) is 41.5. The minimum atomic E-state index is -0.825. The lowest BCUT2D eigenvalue weighted by atomic mass is 9.71. The number of nitrogens with one attached hydrogen (secondary N) is 1. The molecule has 0 radical (unpaired) electrons. The van der Waals surface area contributed by atoms with Crippen LogP contribution in [-0.2, 0) is 25.5 Å². The number of unbranched alkanes of at least 4 members (excludes halogenated alkanes) is 5. The first-order valence-electron chi connectivity index (χ1n) is 14.0. The standard InChI is InChI=1S/C30H44N2O5/c1-4-6-7-8-9-12-20-32-26-16-13-18-30(26,29(35)37-5-2)22-24(28(32)34)21-27(33)31-19-17-23-14-10-11-15-25(23)36-3/h10-11,14-16,24H,4-9,12-13,17-22H2,1-3H3,(H,31,33)/t24-,30+/m1/s1. The third-order valence-corrected chi connectivity index (χ3v) is 7.64. The fourth-order valence-corrected chi connectivity index (χ4v) is 5.74. The van der Waals surface area contributed by atoms with E-state index in [1.807, 2.05) is 37.3 Å². The molecular formula is C30H44N2O5. The molecule has 1 N–H and O–H groups in total. The third kappa shape index (κ3) is 7.14. The SMILES string of the molecule is CCCCCCCCN1C(=O)[C@H](CC(=O)NCCc2ccccc2OC)C[C@@]2(C(=O)OCC)CCC=C12. The van der Waals surface area contributed by atoms with Crippen molar-refractivity contribution in [2.75, 3.05) is 26.8 Å². The first-order chi connectivity index (χ1) is 18.0. The van der Waals surface area contributed by atoms with Gasteiger partial charge >= 0.3 is 5.97 Å². The van der Waals surface area contributed by atoms with Gasteiger partial charge in [0.15, 0.2) is 0 Å². The van der Waals surface area contributed by atoms with E-state index in [4.69, 9.17) is 9.47 Å². The number of para-hydroxylation sites is 1. The number of carbonyl (C=O) groups is 3. The van der Waals surface area contributed by atoms with E-state index in [-0.39, 0.29) is 24.2 Å². The summed E-state index contributed by atoms with van der Waals surface area (Å²) in [5, 5.41) is 2.97. The number of benzene rings is 1. The van der Waals surface area contributed by atoms with Crippen LogP contribution in [-0.4, -0.2) is 49.5 Å². The summed E-state index contributed by atoms with van der Waals surface area (Å²) >= 11 is 0. The van der Waals surface area contributed by atoms with Crippen LogP contribution in [0.15, 0.2) is 36.0 Å². The van der Waals surface area contributed by atoms with Crippen LogP contribution in [0.2, 0.25) is 0 Å². The molecule has 37 heavy (non-hydrogen) atoms. The molecule has 1 aromatic rings. The minimum absolute atomic E-state index is 0.0403. The number of fused-ring (bicyclic) bond motifs is 1. The van der Waals surface area contributed by atoms with E-state index in [0.717, 1.165) is 42.7 Å². The smallest absolute Gasteiger partial charge is 0.318 e. The Bertz CT molecular complexity index is 959. The second kappa shape index (κ2) is 14.2. The van der Waals surface area contributed by atoms with Crippen molar-refractivity contribution in [1.82, 2.24) is 10.2 Å². The first kappa shape index (κ1) is 28.7. The van der Waals surface area contributed by atoms with Crippen molar-refractivity contribution in [3.8, 4) is 5.75 Å². The largest absolute Gasteiger partial charge is 0.496 e. The molecule has 0 saturated carbocycles. The lowest BCUT2D eigenvalue weighted by Crippen LogP contribution is -2.52. The Labute approximate surface area is 222 Å². The molecule has 1 aliphatic carbocycles. The first-order valence-corrected chi connectivity index (χ1v) is 14.0. The molecule has 0 unspecified atom stereocenters. The zero-order valence-electron chi connectivity index (χ0n) is 22.9. The lowest BCUT2D eigenvalue weighted by molar-refractivity contribution is -0.160. The van der Waals surface area contributed by atoms with Gasteiger partial charge < -0.3 is 19.7 Å². The highest BCUT2D eigenvalue weighted by Crippen LogP contribution is 2.51. The van der Waals surface area contributed by atoms with E-state index in [1.54, 1.807) is 12.0 Å². The number of piperidine rings is 1. The number of allylic oxidation sites excluding steroid dienone is 1. The predicted molar refractivity (Wildman–Crippen MR) is 144 cm³/mol. The van der Waals surface area contributed by atoms with Crippen molar-refractivity contribution in [3.05, 3.63) is 41.6 Å². The van der Waals surface area contributed by atoms with Crippen molar-refractivity contribution >= 4 is 17.8 Å². The Hall–Kier alpha value is -2.83. The maximum atomic E-state index is 13.6. The molecule has 2 amide bonds. The van der Waals surface area contributed by atoms with E-state index in [0.29, 0.717) is 39.0 Å². The highest BCUT2D eigenvalue weighted by Gasteiger charge is 2.55. The van der Waals surface area contributed by atoms with Gasteiger partial charge in [0, 0.05) is 31.1 Å². The van der Waals surface area contributed by atoms with Crippen LogP contribution in [0, 0.1) is 11.3 Å². The number of ether oxygens (including phenoxy) is 2. The van der Waals surface area contributed by atoms with E-state index in [1.165, 1.54) is 19.3 Å². The Morgan fingerprint density at radius 2 is 1.86 bits per heavy atom. The summed E-state index contributed by atoms with van der Waals surface area (Å²) in [5.74, 6) is -0.216. The van der Waals surface area contributed by atoms with Crippen molar-refractivity contribution < 1.29 is 23.9 Å². The summed E-state index contributed by atoms with van der Waals surface area (Å²) in [6.07, 6.45) is 11.2. The second-order valence-corrected chi connectivity index (χ2v) is 10.2. The average Bonchev–Trinajstić information content (AvgIpc) is 3.33. The number of hydrogen-bond acceptors (Lipinski definition) is 5. The van der Waals surface area contributed by atoms with Crippen molar-refractivity contribution in [2.24, 2.45) is 11.3 Å². The Morgan fingerprint density at radius 3 is 2.62 bits per heavy atom. The van der Waals surface area contributed by atoms with E-state index < -0.39 is 11.3 Å². The molecule has 0 aromatic heterocycles. The summed E-state index contributed by atoms with van der Waals surface area (Å²) in [5.41, 5.74) is 0.998. The molecule has 7 nitrogen and oxygen atoms in total. The van der Waals surface area contributed by atoms with E-state index in [9.17, 15) is 14.4 Å². The molecule has 7 heteroatoms. The number of likely N-dealkylation sites (tertiary alicyclic amines) is 1. The highest BCUT2D eigenvalue weighted by atomic mass is 16.5. The highest BCUT2D eigenvalue weighted by molar-refractivity contribution is 5.92. The fourth-order valence-electron chi connectivity index (χ4n) is 5.74. The van der Waals surface area contributed by atoms with Gasteiger partial charge in [-0.05, 0) is 50.7 Å². The molecule has 3 rings (SSSR count). The summed E-state index contributed by atoms with van der Waals surface area (Å²) < 4.78 is 10.9. The normalized spacial score (nSPS) is 20.8. The Morgan fingerprint density at radius 1 is 1.11 bits per heavy atom. The molecule has 0 bridgehead atoms. The van der Waals surface area contributed by atoms with E-state index in [2.05, 4.69) is 12.2 Å². The van der Waals surface area contributed by atoms with Crippen LogP contribution < -0.4 is 10.1 Å². The zero-order valence-corrected chi connectivity index (χ0v) is 22.9. The van der Waals surface area contributed by atoms with Gasteiger partial charge in [-0.15, -0.1) is 0 Å². The maximum absolute atomic E-state index is 13.6. The molecule has 1 aliphatic heterocycles. The molecule has 1 heterocycles. The van der Waals surface area contributed by atoms with Gasteiger partial charge in [-0.2, -0.15) is 0 Å². The molecule has 1 fully saturated rings. The van der Waals surface area contributed by atoms with Crippen LogP contribution in [0.3, 0.4) is 0 Å². The number of hydrogen-bond donors (Lipinski definition) is 1. The number of esters is 1. The average molecular weight is 513 g/mol. The molecule has 2 atom stereocenters. The monoisotopic (exact) mass is 512 g/mol. The Kier molecular flexibility index (Phi) is 11.0. The maximum Gasteiger partial charge on any atom is 0.318 e. The number of nitrogens with zero attached hydrogens (tertiary/aromatic N) is 1. The van der Waals surface area contributed by atoms with Gasteiger partial charge in [0.1, 0.15) is 11.2 Å². The van der Waals surface area contributed by atoms with Gasteiger partial charge in [-0.25, -0.2) is 0 Å². The summed E-state index contributed by atoms with van der Waals surface area (Å²) in [7, 11) is 1.63. The van der Waals surface area contributed by atoms with Gasteiger partial charge in [0.2, 0.25) is 11.8 Å². The van der Waals surface area contributed by atoms with Crippen molar-refractivity contribution in [2.45, 2.75) is 84.5 Å². The number of amides is 2. The number of methoxy groups -OCH3 is 1.